The van der Waals surface area contributed by atoms with Crippen LogP contribution in [-0.2, 0) is 21.7 Å². The lowest BCUT2D eigenvalue weighted by Gasteiger charge is -2.11. The normalized spacial score (nSPS) is 10.6. The van der Waals surface area contributed by atoms with E-state index >= 15 is 0 Å². The molecular weight excluding hydrogens is 426 g/mol. The number of nitrogens with one attached hydrogen (secondary N) is 2. The second-order valence-corrected chi connectivity index (χ2v) is 8.24. The molecule has 1 amide bonds. The Labute approximate surface area is 190 Å². The van der Waals surface area contributed by atoms with Gasteiger partial charge in [0.2, 0.25) is 5.91 Å². The largest absolute Gasteiger partial charge is 0.465 e. The summed E-state index contributed by atoms with van der Waals surface area (Å²) < 4.78 is 4.72. The van der Waals surface area contributed by atoms with Gasteiger partial charge in [-0.05, 0) is 43.5 Å². The van der Waals surface area contributed by atoms with Crippen molar-refractivity contribution >= 4 is 29.3 Å². The van der Waals surface area contributed by atoms with Crippen molar-refractivity contribution in [1.29, 1.82) is 0 Å². The van der Waals surface area contributed by atoms with Gasteiger partial charge >= 0.3 is 5.97 Å². The molecule has 32 heavy (non-hydrogen) atoms. The number of anilines is 1. The Morgan fingerprint density at radius 3 is 2.56 bits per heavy atom. The molecule has 166 valence electrons. The summed E-state index contributed by atoms with van der Waals surface area (Å²) in [6.45, 7) is 3.61. The highest BCUT2D eigenvalue weighted by Gasteiger charge is 2.13. The monoisotopic (exact) mass is 451 g/mol. The molecule has 2 aromatic carbocycles. The molecule has 0 saturated heterocycles. The number of thioether (sulfide) groups is 1. The van der Waals surface area contributed by atoms with Gasteiger partial charge in [-0.25, -0.2) is 9.78 Å². The Hall–Kier alpha value is -3.39. The molecule has 0 bridgehead atoms. The minimum atomic E-state index is -0.473. The molecule has 7 nitrogen and oxygen atoms in total. The number of esters is 1. The third-order valence-corrected chi connectivity index (χ3v) is 5.90. The number of hydrogen-bond acceptors (Lipinski definition) is 6. The fourth-order valence-corrected chi connectivity index (χ4v) is 3.99. The van der Waals surface area contributed by atoms with Crippen LogP contribution >= 0.6 is 11.8 Å². The van der Waals surface area contributed by atoms with Crippen LogP contribution in [-0.4, -0.2) is 29.0 Å². The van der Waals surface area contributed by atoms with Gasteiger partial charge in [0.25, 0.3) is 5.56 Å². The number of H-pyrrole nitrogens is 1. The zero-order valence-electron chi connectivity index (χ0n) is 18.2. The van der Waals surface area contributed by atoms with Crippen molar-refractivity contribution in [2.24, 2.45) is 0 Å². The Morgan fingerprint density at radius 1 is 1.12 bits per heavy atom. The number of rotatable bonds is 8. The van der Waals surface area contributed by atoms with Crippen molar-refractivity contribution in [2.45, 2.75) is 37.6 Å². The number of aromatic nitrogens is 2. The van der Waals surface area contributed by atoms with Crippen LogP contribution in [0.2, 0.25) is 0 Å². The molecule has 0 fully saturated rings. The SMILES string of the molecule is COC(=O)c1ccc(C)c(NC(=O)CCc2c(C)nc(SCc3ccccc3)[nH]c2=O)c1. The van der Waals surface area contributed by atoms with Crippen LogP contribution in [0.25, 0.3) is 0 Å². The van der Waals surface area contributed by atoms with Crippen LogP contribution in [0.15, 0.2) is 58.5 Å². The Morgan fingerprint density at radius 2 is 1.88 bits per heavy atom. The van der Waals surface area contributed by atoms with Crippen molar-refractivity contribution in [1.82, 2.24) is 9.97 Å². The number of carbonyl (C=O) groups excluding carboxylic acids is 2. The first-order valence-corrected chi connectivity index (χ1v) is 11.1. The molecule has 0 unspecified atom stereocenters. The van der Waals surface area contributed by atoms with E-state index in [2.05, 4.69) is 15.3 Å². The summed E-state index contributed by atoms with van der Waals surface area (Å²) >= 11 is 1.46. The van der Waals surface area contributed by atoms with E-state index < -0.39 is 5.97 Å². The number of amides is 1. The van der Waals surface area contributed by atoms with E-state index in [0.29, 0.717) is 33.4 Å². The Balaban J connectivity index is 1.62. The number of nitrogens with zero attached hydrogens (tertiary/aromatic N) is 1. The zero-order chi connectivity index (χ0) is 23.1. The fourth-order valence-electron chi connectivity index (χ4n) is 3.13. The van der Waals surface area contributed by atoms with Gasteiger partial charge in [-0.3, -0.25) is 9.59 Å². The van der Waals surface area contributed by atoms with E-state index in [1.54, 1.807) is 25.1 Å². The van der Waals surface area contributed by atoms with Crippen LogP contribution in [0.3, 0.4) is 0 Å². The van der Waals surface area contributed by atoms with Gasteiger partial charge in [-0.15, -0.1) is 0 Å². The predicted molar refractivity (Wildman–Crippen MR) is 125 cm³/mol. The van der Waals surface area contributed by atoms with Gasteiger partial charge in [0.05, 0.1) is 12.7 Å². The van der Waals surface area contributed by atoms with Crippen LogP contribution in [0, 0.1) is 13.8 Å². The highest BCUT2D eigenvalue weighted by Crippen LogP contribution is 2.20. The maximum Gasteiger partial charge on any atom is 0.337 e. The lowest BCUT2D eigenvalue weighted by molar-refractivity contribution is -0.116. The first-order valence-electron chi connectivity index (χ1n) is 10.1. The molecule has 0 aliphatic rings. The summed E-state index contributed by atoms with van der Waals surface area (Å²) in [4.78, 5) is 44.1. The molecule has 0 radical (unpaired) electrons. The molecule has 0 spiro atoms. The van der Waals surface area contributed by atoms with Gasteiger partial charge in [-0.1, -0.05) is 48.2 Å². The summed E-state index contributed by atoms with van der Waals surface area (Å²) in [5, 5.41) is 3.36. The topological polar surface area (TPSA) is 101 Å². The minimum absolute atomic E-state index is 0.115. The first kappa shape index (κ1) is 23.3. The molecule has 3 rings (SSSR count). The smallest absolute Gasteiger partial charge is 0.337 e. The van der Waals surface area contributed by atoms with E-state index in [1.165, 1.54) is 18.9 Å². The second-order valence-electron chi connectivity index (χ2n) is 7.28. The van der Waals surface area contributed by atoms with E-state index in [1.807, 2.05) is 37.3 Å². The average molecular weight is 452 g/mol. The summed E-state index contributed by atoms with van der Waals surface area (Å²) in [6, 6.07) is 14.9. The molecule has 3 aromatic rings. The number of aromatic amines is 1. The van der Waals surface area contributed by atoms with E-state index in [9.17, 15) is 14.4 Å². The average Bonchev–Trinajstić information content (AvgIpc) is 2.78. The number of aryl methyl sites for hydroxylation is 2. The summed E-state index contributed by atoms with van der Waals surface area (Å²) in [5.74, 6) is -0.0231. The molecule has 8 heteroatoms. The van der Waals surface area contributed by atoms with Crippen molar-refractivity contribution in [3.8, 4) is 0 Å². The van der Waals surface area contributed by atoms with Gasteiger partial charge in [0.15, 0.2) is 5.16 Å². The van der Waals surface area contributed by atoms with E-state index in [4.69, 9.17) is 4.74 Å². The van der Waals surface area contributed by atoms with Crippen LogP contribution in [0.4, 0.5) is 5.69 Å². The molecular formula is C24H25N3O4S. The van der Waals surface area contributed by atoms with Gasteiger partial charge in [0.1, 0.15) is 0 Å². The van der Waals surface area contributed by atoms with Gasteiger partial charge < -0.3 is 15.0 Å². The minimum Gasteiger partial charge on any atom is -0.465 e. The molecule has 0 aliphatic heterocycles. The molecule has 1 heterocycles. The number of ether oxygens (including phenoxy) is 1. The second kappa shape index (κ2) is 10.8. The number of carbonyl (C=O) groups is 2. The molecule has 1 aromatic heterocycles. The first-order chi connectivity index (χ1) is 15.4. The van der Waals surface area contributed by atoms with Gasteiger partial charge in [-0.2, -0.15) is 0 Å². The van der Waals surface area contributed by atoms with Crippen molar-refractivity contribution < 1.29 is 14.3 Å². The maximum absolute atomic E-state index is 12.6. The summed E-state index contributed by atoms with van der Waals surface area (Å²) in [5.41, 5.74) is 3.73. The van der Waals surface area contributed by atoms with Crippen molar-refractivity contribution in [3.63, 3.8) is 0 Å². The lowest BCUT2D eigenvalue weighted by Crippen LogP contribution is -2.20. The molecule has 0 saturated carbocycles. The molecule has 0 atom stereocenters. The highest BCUT2D eigenvalue weighted by molar-refractivity contribution is 7.98. The zero-order valence-corrected chi connectivity index (χ0v) is 19.0. The standard InChI is InChI=1S/C24H25N3O4S/c1-15-9-10-18(23(30)31-3)13-20(15)26-21(28)12-11-19-16(2)25-24(27-22(19)29)32-14-17-7-5-4-6-8-17/h4-10,13H,11-12,14H2,1-3H3,(H,26,28)(H,25,27,29). The van der Waals surface area contributed by atoms with Crippen LogP contribution in [0.5, 0.6) is 0 Å². The van der Waals surface area contributed by atoms with Gasteiger partial charge in [0, 0.05) is 29.1 Å². The van der Waals surface area contributed by atoms with Crippen molar-refractivity contribution in [2.75, 3.05) is 12.4 Å². The number of methoxy groups -OCH3 is 1. The molecule has 0 aliphatic carbocycles. The third-order valence-electron chi connectivity index (χ3n) is 4.95. The maximum atomic E-state index is 12.6. The number of benzene rings is 2. The number of hydrogen-bond donors (Lipinski definition) is 2. The molecule has 2 N–H and O–H groups in total. The highest BCUT2D eigenvalue weighted by atomic mass is 32.2. The fraction of sp³-hybridized carbons (Fsp3) is 0.250. The summed E-state index contributed by atoms with van der Waals surface area (Å²) in [7, 11) is 1.31. The predicted octanol–water partition coefficient (Wildman–Crippen LogP) is 4.04. The van der Waals surface area contributed by atoms with E-state index in [-0.39, 0.29) is 24.3 Å². The van der Waals surface area contributed by atoms with Crippen LogP contribution in [0.1, 0.15) is 39.2 Å². The Kier molecular flexibility index (Phi) is 7.83. The third kappa shape index (κ3) is 6.07. The van der Waals surface area contributed by atoms with E-state index in [0.717, 1.165) is 11.1 Å². The van der Waals surface area contributed by atoms with Crippen molar-refractivity contribution in [3.05, 3.63) is 86.8 Å². The van der Waals surface area contributed by atoms with Crippen LogP contribution < -0.4 is 10.9 Å². The lowest BCUT2D eigenvalue weighted by atomic mass is 10.1. The quantitative estimate of drug-likeness (QED) is 0.305. The summed E-state index contributed by atoms with van der Waals surface area (Å²) in [6.07, 6.45) is 0.378. The Bertz CT molecular complexity index is 1180.